The summed E-state index contributed by atoms with van der Waals surface area (Å²) in [5.74, 6) is 0. The van der Waals surface area contributed by atoms with Gasteiger partial charge in [-0.2, -0.15) is 0 Å². The molecule has 0 aliphatic carbocycles. The van der Waals surface area contributed by atoms with Crippen LogP contribution in [0.3, 0.4) is 0 Å². The van der Waals surface area contributed by atoms with E-state index in [2.05, 4.69) is 6.58 Å². The van der Waals surface area contributed by atoms with Crippen molar-refractivity contribution in [1.29, 1.82) is 0 Å². The Bertz CT molecular complexity index is 396. The Hall–Kier alpha value is -1.46. The van der Waals surface area contributed by atoms with Crippen LogP contribution < -0.4 is 5.56 Å². The molecule has 6 heteroatoms. The van der Waals surface area contributed by atoms with Gasteiger partial charge in [-0.3, -0.25) is 4.79 Å². The van der Waals surface area contributed by atoms with Crippen LogP contribution in [0.15, 0.2) is 41.2 Å². The summed E-state index contributed by atoms with van der Waals surface area (Å²) in [6, 6.07) is 4.18. The molecule has 0 bridgehead atoms. The lowest BCUT2D eigenvalue weighted by atomic mass is 9.80. The first kappa shape index (κ1) is 10.6. The Kier molecular flexibility index (Phi) is 2.83. The fraction of sp³-hybridized carbons (Fsp3) is 0.125. The zero-order valence-corrected chi connectivity index (χ0v) is 7.29. The Morgan fingerprint density at radius 2 is 2.07 bits per heavy atom. The molecule has 0 saturated heterocycles. The molecule has 76 valence electrons. The molecule has 1 heterocycles. The van der Waals surface area contributed by atoms with E-state index in [1.807, 2.05) is 0 Å². The van der Waals surface area contributed by atoms with Crippen LogP contribution in [0, 0.1) is 0 Å². The van der Waals surface area contributed by atoms with E-state index in [4.69, 9.17) is 0 Å². The van der Waals surface area contributed by atoms with Gasteiger partial charge in [0.2, 0.25) is 0 Å². The lowest BCUT2D eigenvalue weighted by Gasteiger charge is -2.18. The zero-order valence-electron chi connectivity index (χ0n) is 7.29. The van der Waals surface area contributed by atoms with Gasteiger partial charge in [0, 0.05) is 18.8 Å². The maximum absolute atomic E-state index is 12.1. The minimum atomic E-state index is -5.07. The van der Waals surface area contributed by atoms with Gasteiger partial charge >= 0.3 is 6.98 Å². The Labute approximate surface area is 78.7 Å². The van der Waals surface area contributed by atoms with Gasteiger partial charge in [-0.15, -0.1) is 12.1 Å². The van der Waals surface area contributed by atoms with E-state index in [-0.39, 0.29) is 0 Å². The second kappa shape index (κ2) is 3.73. The average Bonchev–Trinajstić information content (AvgIpc) is 2.07. The SMILES string of the molecule is C=C(Cn1ccccc1=O)[B-](F)(F)F. The summed E-state index contributed by atoms with van der Waals surface area (Å²) < 4.78 is 37.3. The topological polar surface area (TPSA) is 22.0 Å². The van der Waals surface area contributed by atoms with Crippen molar-refractivity contribution >= 4 is 6.98 Å². The number of nitrogens with zero attached hydrogens (tertiary/aromatic N) is 1. The first-order valence-electron chi connectivity index (χ1n) is 3.94. The molecule has 0 spiro atoms. The molecule has 1 aromatic rings. The first-order chi connectivity index (χ1) is 6.41. The zero-order chi connectivity index (χ0) is 10.8. The fourth-order valence-electron chi connectivity index (χ4n) is 0.914. The highest BCUT2D eigenvalue weighted by Crippen LogP contribution is 2.18. The molecule has 0 aliphatic heterocycles. The molecule has 14 heavy (non-hydrogen) atoms. The van der Waals surface area contributed by atoms with Crippen LogP contribution in [-0.2, 0) is 6.54 Å². The van der Waals surface area contributed by atoms with Gasteiger partial charge in [0.05, 0.1) is 0 Å². The molecule has 0 N–H and O–H groups in total. The normalized spacial score (nSPS) is 11.4. The number of allylic oxidation sites excluding steroid dienone is 1. The van der Waals surface area contributed by atoms with Gasteiger partial charge in [-0.05, 0) is 6.07 Å². The fourth-order valence-corrected chi connectivity index (χ4v) is 0.914. The highest BCUT2D eigenvalue weighted by atomic mass is 19.4. The van der Waals surface area contributed by atoms with Gasteiger partial charge in [0.1, 0.15) is 0 Å². The molecular weight excluding hydrogens is 194 g/mol. The number of rotatable bonds is 3. The van der Waals surface area contributed by atoms with E-state index in [9.17, 15) is 17.7 Å². The third-order valence-electron chi connectivity index (χ3n) is 1.74. The number of hydrogen-bond donors (Lipinski definition) is 0. The van der Waals surface area contributed by atoms with Crippen molar-refractivity contribution in [3.05, 3.63) is 46.8 Å². The van der Waals surface area contributed by atoms with Gasteiger partial charge < -0.3 is 17.5 Å². The second-order valence-corrected chi connectivity index (χ2v) is 2.90. The summed E-state index contributed by atoms with van der Waals surface area (Å²) in [5.41, 5.74) is -1.34. The van der Waals surface area contributed by atoms with Crippen LogP contribution in [0.4, 0.5) is 12.9 Å². The van der Waals surface area contributed by atoms with Crippen LogP contribution in [0.2, 0.25) is 0 Å². The molecule has 0 unspecified atom stereocenters. The highest BCUT2D eigenvalue weighted by molar-refractivity contribution is 6.66. The number of aromatic nitrogens is 1. The van der Waals surface area contributed by atoms with E-state index in [0.717, 1.165) is 4.57 Å². The summed E-state index contributed by atoms with van der Waals surface area (Å²) in [5, 5.41) is 0. The summed E-state index contributed by atoms with van der Waals surface area (Å²) in [6.45, 7) is -2.66. The van der Waals surface area contributed by atoms with Gasteiger partial charge in [-0.25, -0.2) is 0 Å². The highest BCUT2D eigenvalue weighted by Gasteiger charge is 2.26. The Balaban J connectivity index is 2.86. The van der Waals surface area contributed by atoms with Crippen LogP contribution in [0.5, 0.6) is 0 Å². The predicted octanol–water partition coefficient (Wildman–Crippen LogP) is 1.79. The molecule has 0 saturated carbocycles. The van der Waals surface area contributed by atoms with Crippen molar-refractivity contribution in [2.75, 3.05) is 0 Å². The molecule has 2 nitrogen and oxygen atoms in total. The standard InChI is InChI=1S/C8H8BF3NO/c1-7(9(10,11)12)6-13-5-3-2-4-8(13)14/h2-5H,1,6H2/q-1. The summed E-state index contributed by atoms with van der Waals surface area (Å²) in [4.78, 5) is 11.0. The minimum Gasteiger partial charge on any atom is -0.445 e. The summed E-state index contributed by atoms with van der Waals surface area (Å²) in [7, 11) is 0. The van der Waals surface area contributed by atoms with Crippen molar-refractivity contribution in [3.8, 4) is 0 Å². The van der Waals surface area contributed by atoms with Crippen molar-refractivity contribution in [3.63, 3.8) is 0 Å². The van der Waals surface area contributed by atoms with E-state index >= 15 is 0 Å². The van der Waals surface area contributed by atoms with Crippen LogP contribution in [0.25, 0.3) is 0 Å². The van der Waals surface area contributed by atoms with E-state index in [1.54, 1.807) is 0 Å². The van der Waals surface area contributed by atoms with Crippen molar-refractivity contribution in [2.24, 2.45) is 0 Å². The molecular formula is C8H8BF3NO-. The third-order valence-corrected chi connectivity index (χ3v) is 1.74. The van der Waals surface area contributed by atoms with E-state index in [0.29, 0.717) is 0 Å². The molecule has 0 fully saturated rings. The van der Waals surface area contributed by atoms with Crippen LogP contribution >= 0.6 is 0 Å². The molecule has 0 aromatic carbocycles. The number of hydrogen-bond acceptors (Lipinski definition) is 1. The lowest BCUT2D eigenvalue weighted by molar-refractivity contribution is 0.481. The second-order valence-electron chi connectivity index (χ2n) is 2.90. The average molecular weight is 202 g/mol. The van der Waals surface area contributed by atoms with Crippen molar-refractivity contribution in [2.45, 2.75) is 6.54 Å². The Morgan fingerprint density at radius 3 is 2.57 bits per heavy atom. The van der Waals surface area contributed by atoms with Crippen LogP contribution in [0.1, 0.15) is 0 Å². The first-order valence-corrected chi connectivity index (χ1v) is 3.94. The van der Waals surface area contributed by atoms with E-state index < -0.39 is 24.6 Å². The van der Waals surface area contributed by atoms with Crippen LogP contribution in [-0.4, -0.2) is 11.5 Å². The Morgan fingerprint density at radius 1 is 1.43 bits per heavy atom. The summed E-state index contributed by atoms with van der Waals surface area (Å²) >= 11 is 0. The number of halogens is 3. The smallest absolute Gasteiger partial charge is 0.445 e. The van der Waals surface area contributed by atoms with E-state index in [1.165, 1.54) is 24.4 Å². The predicted molar refractivity (Wildman–Crippen MR) is 48.9 cm³/mol. The lowest BCUT2D eigenvalue weighted by Crippen LogP contribution is -2.27. The monoisotopic (exact) mass is 202 g/mol. The quantitative estimate of drug-likeness (QED) is 0.684. The molecule has 0 aliphatic rings. The van der Waals surface area contributed by atoms with Crippen molar-refractivity contribution in [1.82, 2.24) is 4.57 Å². The van der Waals surface area contributed by atoms with Gasteiger partial charge in [0.25, 0.3) is 5.56 Å². The largest absolute Gasteiger partial charge is 0.506 e. The summed E-state index contributed by atoms with van der Waals surface area (Å²) in [6.07, 6.45) is 1.30. The molecule has 1 aromatic heterocycles. The minimum absolute atomic E-state index is 0.464. The third kappa shape index (κ3) is 2.51. The maximum Gasteiger partial charge on any atom is 0.506 e. The molecule has 0 atom stereocenters. The molecule has 1 rings (SSSR count). The van der Waals surface area contributed by atoms with Crippen molar-refractivity contribution < 1.29 is 12.9 Å². The number of pyridine rings is 1. The maximum atomic E-state index is 12.1. The molecule has 0 amide bonds. The molecule has 0 radical (unpaired) electrons. The van der Waals surface area contributed by atoms with Gasteiger partial charge in [-0.1, -0.05) is 6.07 Å². The van der Waals surface area contributed by atoms with Gasteiger partial charge in [0.15, 0.2) is 0 Å².